The van der Waals surface area contributed by atoms with Gasteiger partial charge in [0.1, 0.15) is 0 Å². The zero-order valence-corrected chi connectivity index (χ0v) is 9.76. The molecule has 0 aromatic carbocycles. The van der Waals surface area contributed by atoms with Crippen LogP contribution in [-0.4, -0.2) is 4.57 Å². The molecular weight excluding hydrogens is 204 g/mol. The predicted octanol–water partition coefficient (Wildman–Crippen LogP) is 2.86. The Hall–Kier alpha value is -1.06. The number of aromatic nitrogens is 1. The lowest BCUT2D eigenvalue weighted by Gasteiger charge is -2.00. The highest BCUT2D eigenvalue weighted by molar-refractivity contribution is 7.09. The maximum atomic E-state index is 3.44. The Bertz CT molecular complexity index is 389. The lowest BCUT2D eigenvalue weighted by atomic mass is 10.3. The van der Waals surface area contributed by atoms with Gasteiger partial charge < -0.3 is 9.88 Å². The Kier molecular flexibility index (Phi) is 3.59. The van der Waals surface area contributed by atoms with Crippen LogP contribution in [0.5, 0.6) is 0 Å². The van der Waals surface area contributed by atoms with E-state index >= 15 is 0 Å². The van der Waals surface area contributed by atoms with Crippen LogP contribution in [-0.2, 0) is 19.6 Å². The average molecular weight is 220 g/mol. The summed E-state index contributed by atoms with van der Waals surface area (Å²) in [5, 5.41) is 5.55. The van der Waals surface area contributed by atoms with Crippen molar-refractivity contribution in [3.05, 3.63) is 46.4 Å². The molecule has 2 heterocycles. The molecule has 0 aliphatic heterocycles. The molecule has 0 saturated carbocycles. The van der Waals surface area contributed by atoms with Crippen molar-refractivity contribution >= 4 is 11.3 Å². The fraction of sp³-hybridized carbons (Fsp3) is 0.333. The van der Waals surface area contributed by atoms with Crippen LogP contribution in [0.4, 0.5) is 0 Å². The second-order valence-electron chi connectivity index (χ2n) is 3.53. The zero-order valence-electron chi connectivity index (χ0n) is 8.94. The Morgan fingerprint density at radius 3 is 2.93 bits per heavy atom. The molecule has 2 aromatic rings. The molecule has 0 amide bonds. The van der Waals surface area contributed by atoms with Gasteiger partial charge in [0.25, 0.3) is 0 Å². The first-order chi connectivity index (χ1) is 7.38. The summed E-state index contributed by atoms with van der Waals surface area (Å²) >= 11 is 1.80. The lowest BCUT2D eigenvalue weighted by Crippen LogP contribution is -2.11. The van der Waals surface area contributed by atoms with Crippen molar-refractivity contribution in [2.24, 2.45) is 0 Å². The molecule has 3 heteroatoms. The normalized spacial score (nSPS) is 10.7. The van der Waals surface area contributed by atoms with Crippen molar-refractivity contribution < 1.29 is 0 Å². The van der Waals surface area contributed by atoms with Crippen molar-refractivity contribution in [1.82, 2.24) is 9.88 Å². The van der Waals surface area contributed by atoms with E-state index in [-0.39, 0.29) is 0 Å². The molecule has 0 spiro atoms. The van der Waals surface area contributed by atoms with Gasteiger partial charge in [-0.2, -0.15) is 0 Å². The fourth-order valence-corrected chi connectivity index (χ4v) is 2.21. The average Bonchev–Trinajstić information content (AvgIpc) is 2.88. The molecule has 0 fully saturated rings. The lowest BCUT2D eigenvalue weighted by molar-refractivity contribution is 0.695. The molecule has 15 heavy (non-hydrogen) atoms. The first-order valence-electron chi connectivity index (χ1n) is 5.26. The molecule has 0 radical (unpaired) electrons. The van der Waals surface area contributed by atoms with Gasteiger partial charge in [0, 0.05) is 36.9 Å². The van der Waals surface area contributed by atoms with Crippen LogP contribution in [0.15, 0.2) is 36.0 Å². The van der Waals surface area contributed by atoms with Crippen LogP contribution in [0, 0.1) is 0 Å². The molecule has 2 nitrogen and oxygen atoms in total. The van der Waals surface area contributed by atoms with Crippen LogP contribution in [0.25, 0.3) is 0 Å². The monoisotopic (exact) mass is 220 g/mol. The molecule has 0 atom stereocenters. The van der Waals surface area contributed by atoms with E-state index in [1.54, 1.807) is 11.3 Å². The molecular formula is C12H16N2S. The number of hydrogen-bond acceptors (Lipinski definition) is 2. The van der Waals surface area contributed by atoms with E-state index in [0.717, 1.165) is 19.6 Å². The van der Waals surface area contributed by atoms with E-state index in [4.69, 9.17) is 0 Å². The Labute approximate surface area is 94.6 Å². The Morgan fingerprint density at radius 2 is 2.27 bits per heavy atom. The van der Waals surface area contributed by atoms with Crippen LogP contribution in [0.3, 0.4) is 0 Å². The maximum Gasteiger partial charge on any atom is 0.0302 e. The number of hydrogen-bond donors (Lipinski definition) is 1. The Morgan fingerprint density at radius 1 is 1.33 bits per heavy atom. The minimum atomic E-state index is 0.949. The maximum absolute atomic E-state index is 3.44. The fourth-order valence-electron chi connectivity index (χ4n) is 1.54. The van der Waals surface area contributed by atoms with Crippen molar-refractivity contribution in [2.75, 3.05) is 0 Å². The second kappa shape index (κ2) is 5.14. The summed E-state index contributed by atoms with van der Waals surface area (Å²) in [5.41, 5.74) is 1.36. The molecule has 1 N–H and O–H groups in total. The third-order valence-electron chi connectivity index (χ3n) is 2.39. The van der Waals surface area contributed by atoms with Gasteiger partial charge in [-0.3, -0.25) is 0 Å². The van der Waals surface area contributed by atoms with Crippen molar-refractivity contribution in [1.29, 1.82) is 0 Å². The van der Waals surface area contributed by atoms with Crippen LogP contribution in [0.1, 0.15) is 17.4 Å². The molecule has 0 aliphatic carbocycles. The number of nitrogens with zero attached hydrogens (tertiary/aromatic N) is 1. The van der Waals surface area contributed by atoms with Crippen LogP contribution < -0.4 is 5.32 Å². The first kappa shape index (κ1) is 10.5. The van der Waals surface area contributed by atoms with Crippen molar-refractivity contribution in [2.45, 2.75) is 26.6 Å². The third kappa shape index (κ3) is 2.94. The smallest absolute Gasteiger partial charge is 0.0302 e. The quantitative estimate of drug-likeness (QED) is 0.820. The summed E-state index contributed by atoms with van der Waals surface area (Å²) in [6.07, 6.45) is 4.32. The van der Waals surface area contributed by atoms with Gasteiger partial charge in [-0.1, -0.05) is 6.07 Å². The summed E-state index contributed by atoms with van der Waals surface area (Å²) in [7, 11) is 0. The standard InChI is InChI=1S/C12H16N2S/c1-2-14-6-5-11(10-14)8-13-9-12-4-3-7-15-12/h3-7,10,13H,2,8-9H2,1H3. The number of aryl methyl sites for hydroxylation is 1. The van der Waals surface area contributed by atoms with Gasteiger partial charge in [-0.05, 0) is 30.0 Å². The van der Waals surface area contributed by atoms with E-state index in [9.17, 15) is 0 Å². The van der Waals surface area contributed by atoms with Gasteiger partial charge in [-0.15, -0.1) is 11.3 Å². The number of rotatable bonds is 5. The van der Waals surface area contributed by atoms with Gasteiger partial charge >= 0.3 is 0 Å². The van der Waals surface area contributed by atoms with Crippen LogP contribution in [0.2, 0.25) is 0 Å². The SMILES string of the molecule is CCn1ccc(CNCc2cccs2)c1. The summed E-state index contributed by atoms with van der Waals surface area (Å²) in [6, 6.07) is 6.43. The van der Waals surface area contributed by atoms with E-state index < -0.39 is 0 Å². The highest BCUT2D eigenvalue weighted by Crippen LogP contribution is 2.08. The van der Waals surface area contributed by atoms with Gasteiger partial charge in [-0.25, -0.2) is 0 Å². The van der Waals surface area contributed by atoms with Crippen LogP contribution >= 0.6 is 11.3 Å². The van der Waals surface area contributed by atoms with E-state index in [1.807, 2.05) is 0 Å². The predicted molar refractivity (Wildman–Crippen MR) is 65.0 cm³/mol. The van der Waals surface area contributed by atoms with Gasteiger partial charge in [0.05, 0.1) is 0 Å². The molecule has 0 aliphatic rings. The van der Waals surface area contributed by atoms with E-state index in [0.29, 0.717) is 0 Å². The molecule has 80 valence electrons. The molecule has 0 bridgehead atoms. The summed E-state index contributed by atoms with van der Waals surface area (Å²) in [5.74, 6) is 0. The molecule has 0 saturated heterocycles. The molecule has 0 unspecified atom stereocenters. The third-order valence-corrected chi connectivity index (χ3v) is 3.26. The minimum Gasteiger partial charge on any atom is -0.354 e. The van der Waals surface area contributed by atoms with Crippen molar-refractivity contribution in [3.63, 3.8) is 0 Å². The van der Waals surface area contributed by atoms with E-state index in [1.165, 1.54) is 10.4 Å². The molecule has 2 rings (SSSR count). The topological polar surface area (TPSA) is 17.0 Å². The summed E-state index contributed by atoms with van der Waals surface area (Å²) in [6.45, 7) is 5.12. The summed E-state index contributed by atoms with van der Waals surface area (Å²) in [4.78, 5) is 1.39. The van der Waals surface area contributed by atoms with Gasteiger partial charge in [0.15, 0.2) is 0 Å². The highest BCUT2D eigenvalue weighted by Gasteiger charge is 1.96. The van der Waals surface area contributed by atoms with Crippen molar-refractivity contribution in [3.8, 4) is 0 Å². The number of thiophene rings is 1. The Balaban J connectivity index is 1.78. The minimum absolute atomic E-state index is 0.949. The highest BCUT2D eigenvalue weighted by atomic mass is 32.1. The summed E-state index contributed by atoms with van der Waals surface area (Å²) < 4.78 is 2.20. The first-order valence-corrected chi connectivity index (χ1v) is 6.14. The largest absolute Gasteiger partial charge is 0.354 e. The number of nitrogens with one attached hydrogen (secondary N) is 1. The zero-order chi connectivity index (χ0) is 10.5. The molecule has 2 aromatic heterocycles. The second-order valence-corrected chi connectivity index (χ2v) is 4.57. The van der Waals surface area contributed by atoms with Gasteiger partial charge in [0.2, 0.25) is 0 Å². The van der Waals surface area contributed by atoms with E-state index in [2.05, 4.69) is 52.8 Å².